The SMILES string of the molecule is CCCCCCCCCCCCCCCC(=O)NCCCNCCCCN. The maximum Gasteiger partial charge on any atom is 0.219 e. The van der Waals surface area contributed by atoms with Gasteiger partial charge in [0.25, 0.3) is 0 Å². The summed E-state index contributed by atoms with van der Waals surface area (Å²) in [7, 11) is 0. The zero-order valence-corrected chi connectivity index (χ0v) is 18.3. The Morgan fingerprint density at radius 3 is 1.70 bits per heavy atom. The van der Waals surface area contributed by atoms with E-state index in [4.69, 9.17) is 5.73 Å². The molecule has 0 rings (SSSR count). The summed E-state index contributed by atoms with van der Waals surface area (Å²) in [5.74, 6) is 0.223. The Morgan fingerprint density at radius 2 is 1.15 bits per heavy atom. The highest BCUT2D eigenvalue weighted by molar-refractivity contribution is 5.75. The van der Waals surface area contributed by atoms with E-state index in [1.165, 1.54) is 77.0 Å². The molecule has 0 aromatic heterocycles. The van der Waals surface area contributed by atoms with Crippen LogP contribution in [-0.4, -0.2) is 32.1 Å². The molecule has 1 amide bonds. The van der Waals surface area contributed by atoms with Crippen LogP contribution in [0, 0.1) is 0 Å². The molecule has 0 atom stereocenters. The maximum absolute atomic E-state index is 11.8. The van der Waals surface area contributed by atoms with Crippen LogP contribution >= 0.6 is 0 Å². The molecule has 0 heterocycles. The fourth-order valence-corrected chi connectivity index (χ4v) is 3.35. The Morgan fingerprint density at radius 1 is 0.630 bits per heavy atom. The predicted octanol–water partition coefficient (Wildman–Crippen LogP) is 5.30. The highest BCUT2D eigenvalue weighted by Crippen LogP contribution is 2.12. The molecule has 0 aromatic carbocycles. The lowest BCUT2D eigenvalue weighted by molar-refractivity contribution is -0.121. The first kappa shape index (κ1) is 26.4. The van der Waals surface area contributed by atoms with Crippen molar-refractivity contribution in [2.45, 2.75) is 116 Å². The van der Waals surface area contributed by atoms with Gasteiger partial charge >= 0.3 is 0 Å². The second-order valence-corrected chi connectivity index (χ2v) is 7.94. The molecule has 4 nitrogen and oxygen atoms in total. The van der Waals surface area contributed by atoms with Gasteiger partial charge in [0.2, 0.25) is 5.91 Å². The molecule has 4 heteroatoms. The number of amides is 1. The van der Waals surface area contributed by atoms with Gasteiger partial charge in [0.1, 0.15) is 0 Å². The molecule has 0 aliphatic carbocycles. The quantitative estimate of drug-likeness (QED) is 0.222. The molecule has 4 N–H and O–H groups in total. The lowest BCUT2D eigenvalue weighted by Gasteiger charge is -2.07. The van der Waals surface area contributed by atoms with E-state index in [1.807, 2.05) is 0 Å². The summed E-state index contributed by atoms with van der Waals surface area (Å²) < 4.78 is 0. The fourth-order valence-electron chi connectivity index (χ4n) is 3.35. The van der Waals surface area contributed by atoms with Gasteiger partial charge in [-0.25, -0.2) is 0 Å². The molecule has 0 aliphatic rings. The van der Waals surface area contributed by atoms with Gasteiger partial charge in [0.05, 0.1) is 0 Å². The number of nitrogens with two attached hydrogens (primary N) is 1. The maximum atomic E-state index is 11.8. The lowest BCUT2D eigenvalue weighted by atomic mass is 10.0. The van der Waals surface area contributed by atoms with Gasteiger partial charge in [-0.15, -0.1) is 0 Å². The molecule has 0 radical (unpaired) electrons. The van der Waals surface area contributed by atoms with Gasteiger partial charge in [-0.3, -0.25) is 4.79 Å². The summed E-state index contributed by atoms with van der Waals surface area (Å²) in [6.45, 7) is 5.85. The number of carbonyl (C=O) groups is 1. The summed E-state index contributed by atoms with van der Waals surface area (Å²) in [5, 5.41) is 6.41. The Kier molecular flexibility index (Phi) is 22.9. The van der Waals surface area contributed by atoms with Gasteiger partial charge in [0.15, 0.2) is 0 Å². The summed E-state index contributed by atoms with van der Waals surface area (Å²) >= 11 is 0. The highest BCUT2D eigenvalue weighted by atomic mass is 16.1. The van der Waals surface area contributed by atoms with Crippen LogP contribution in [0.15, 0.2) is 0 Å². The van der Waals surface area contributed by atoms with Crippen LogP contribution in [0.4, 0.5) is 0 Å². The minimum absolute atomic E-state index is 0.223. The monoisotopic (exact) mass is 383 g/mol. The summed E-state index contributed by atoms with van der Waals surface area (Å²) in [6.07, 6.45) is 21.4. The first-order valence-electron chi connectivity index (χ1n) is 12.0. The van der Waals surface area contributed by atoms with Gasteiger partial charge in [-0.2, -0.15) is 0 Å². The molecular formula is C23H49N3O. The van der Waals surface area contributed by atoms with Gasteiger partial charge < -0.3 is 16.4 Å². The van der Waals surface area contributed by atoms with Crippen molar-refractivity contribution >= 4 is 5.91 Å². The van der Waals surface area contributed by atoms with E-state index in [-0.39, 0.29) is 5.91 Å². The molecule has 0 saturated carbocycles. The van der Waals surface area contributed by atoms with Crippen LogP contribution in [0.5, 0.6) is 0 Å². The van der Waals surface area contributed by atoms with E-state index in [0.717, 1.165) is 51.9 Å². The number of hydrogen-bond donors (Lipinski definition) is 3. The molecule has 27 heavy (non-hydrogen) atoms. The van der Waals surface area contributed by atoms with Gasteiger partial charge in [-0.05, 0) is 45.3 Å². The van der Waals surface area contributed by atoms with E-state index in [2.05, 4.69) is 17.6 Å². The van der Waals surface area contributed by atoms with E-state index >= 15 is 0 Å². The molecule has 0 saturated heterocycles. The smallest absolute Gasteiger partial charge is 0.219 e. The number of nitrogens with one attached hydrogen (secondary N) is 2. The molecular weight excluding hydrogens is 334 g/mol. The number of hydrogen-bond acceptors (Lipinski definition) is 3. The van der Waals surface area contributed by atoms with E-state index in [9.17, 15) is 4.79 Å². The van der Waals surface area contributed by atoms with Crippen LogP contribution in [-0.2, 0) is 4.79 Å². The summed E-state index contributed by atoms with van der Waals surface area (Å²) in [5.41, 5.74) is 5.46. The summed E-state index contributed by atoms with van der Waals surface area (Å²) in [4.78, 5) is 11.8. The molecule has 0 bridgehead atoms. The second-order valence-electron chi connectivity index (χ2n) is 7.94. The molecule has 0 spiro atoms. The van der Waals surface area contributed by atoms with Crippen LogP contribution < -0.4 is 16.4 Å². The number of unbranched alkanes of at least 4 members (excludes halogenated alkanes) is 13. The average Bonchev–Trinajstić information content (AvgIpc) is 2.67. The van der Waals surface area contributed by atoms with Crippen LogP contribution in [0.2, 0.25) is 0 Å². The molecule has 0 unspecified atom stereocenters. The van der Waals surface area contributed by atoms with Crippen molar-refractivity contribution in [1.82, 2.24) is 10.6 Å². The Hall–Kier alpha value is -0.610. The Balaban J connectivity index is 3.12. The van der Waals surface area contributed by atoms with Gasteiger partial charge in [0, 0.05) is 13.0 Å². The van der Waals surface area contributed by atoms with Crippen molar-refractivity contribution < 1.29 is 4.79 Å². The van der Waals surface area contributed by atoms with Crippen molar-refractivity contribution in [3.8, 4) is 0 Å². The van der Waals surface area contributed by atoms with E-state index in [0.29, 0.717) is 6.42 Å². The summed E-state index contributed by atoms with van der Waals surface area (Å²) in [6, 6.07) is 0. The third-order valence-corrected chi connectivity index (χ3v) is 5.17. The van der Waals surface area contributed by atoms with E-state index in [1.54, 1.807) is 0 Å². The van der Waals surface area contributed by atoms with Gasteiger partial charge in [-0.1, -0.05) is 84.0 Å². The minimum Gasteiger partial charge on any atom is -0.356 e. The topological polar surface area (TPSA) is 67.2 Å². The molecule has 0 aliphatic heterocycles. The van der Waals surface area contributed by atoms with Crippen LogP contribution in [0.1, 0.15) is 116 Å². The fraction of sp³-hybridized carbons (Fsp3) is 0.957. The van der Waals surface area contributed by atoms with E-state index < -0.39 is 0 Å². The van der Waals surface area contributed by atoms with Crippen molar-refractivity contribution in [3.05, 3.63) is 0 Å². The molecule has 162 valence electrons. The molecule has 0 aromatic rings. The Bertz CT molecular complexity index is 297. The van der Waals surface area contributed by atoms with Crippen molar-refractivity contribution in [2.24, 2.45) is 5.73 Å². The second kappa shape index (κ2) is 23.4. The normalized spacial score (nSPS) is 11.0. The Labute approximate surface area is 169 Å². The highest BCUT2D eigenvalue weighted by Gasteiger charge is 2.00. The number of carbonyl (C=O) groups excluding carboxylic acids is 1. The zero-order valence-electron chi connectivity index (χ0n) is 18.3. The third kappa shape index (κ3) is 23.4. The van der Waals surface area contributed by atoms with Crippen LogP contribution in [0.3, 0.4) is 0 Å². The van der Waals surface area contributed by atoms with Crippen molar-refractivity contribution in [3.63, 3.8) is 0 Å². The zero-order chi connectivity index (χ0) is 19.8. The minimum atomic E-state index is 0.223. The first-order chi connectivity index (χ1) is 13.3. The standard InChI is InChI=1S/C23H49N3O/c1-2-3-4-5-6-7-8-9-10-11-12-13-14-18-23(27)26-22-17-21-25-20-16-15-19-24/h25H,2-22,24H2,1H3,(H,26,27). The van der Waals surface area contributed by atoms with Crippen molar-refractivity contribution in [2.75, 3.05) is 26.2 Å². The molecule has 0 fully saturated rings. The average molecular weight is 384 g/mol. The predicted molar refractivity (Wildman–Crippen MR) is 119 cm³/mol. The third-order valence-electron chi connectivity index (χ3n) is 5.17. The first-order valence-corrected chi connectivity index (χ1v) is 12.0. The van der Waals surface area contributed by atoms with Crippen LogP contribution in [0.25, 0.3) is 0 Å². The number of rotatable bonds is 22. The van der Waals surface area contributed by atoms with Crippen molar-refractivity contribution in [1.29, 1.82) is 0 Å². The largest absolute Gasteiger partial charge is 0.356 e. The lowest BCUT2D eigenvalue weighted by Crippen LogP contribution is -2.27.